The standard InChI is InChI=1S/C14H20O.C12H11N3O2/c1-11-7-8-13(9-12(11)2)10-15-14-5-3-4-6-14;13-11-10(12(14)17)5-8(6-15-11)7-2-1-3-9(16)4-7/h7-9,14H,3-6,10H2,1-2H3;1-6,16H,(H2,13,15)(H2,14,17). The van der Waals surface area contributed by atoms with E-state index < -0.39 is 5.91 Å². The lowest BCUT2D eigenvalue weighted by molar-refractivity contribution is 0.0456. The molecule has 0 unspecified atom stereocenters. The second kappa shape index (κ2) is 10.8. The van der Waals surface area contributed by atoms with Crippen LogP contribution in [0.2, 0.25) is 0 Å². The summed E-state index contributed by atoms with van der Waals surface area (Å²) in [6, 6.07) is 14.8. The molecule has 4 rings (SSSR count). The maximum absolute atomic E-state index is 11.1. The van der Waals surface area contributed by atoms with Crippen molar-refractivity contribution in [3.05, 3.63) is 77.0 Å². The van der Waals surface area contributed by atoms with Crippen LogP contribution in [0.15, 0.2) is 54.7 Å². The molecule has 168 valence electrons. The van der Waals surface area contributed by atoms with Crippen molar-refractivity contribution in [1.29, 1.82) is 0 Å². The van der Waals surface area contributed by atoms with E-state index in [1.165, 1.54) is 48.6 Å². The summed E-state index contributed by atoms with van der Waals surface area (Å²) in [5, 5.41) is 9.37. The average Bonchev–Trinajstić information content (AvgIpc) is 3.29. The highest BCUT2D eigenvalue weighted by Gasteiger charge is 2.15. The van der Waals surface area contributed by atoms with Crippen LogP contribution in [-0.2, 0) is 11.3 Å². The highest BCUT2D eigenvalue weighted by Crippen LogP contribution is 2.25. The van der Waals surface area contributed by atoms with E-state index in [-0.39, 0.29) is 17.1 Å². The molecule has 6 heteroatoms. The van der Waals surface area contributed by atoms with Crippen molar-refractivity contribution in [2.45, 2.75) is 52.2 Å². The molecule has 0 radical (unpaired) electrons. The lowest BCUT2D eigenvalue weighted by atomic mass is 10.1. The van der Waals surface area contributed by atoms with Gasteiger partial charge in [0.25, 0.3) is 5.91 Å². The number of phenolic OH excluding ortho intramolecular Hbond substituents is 1. The summed E-state index contributed by atoms with van der Waals surface area (Å²) in [7, 11) is 0. The van der Waals surface area contributed by atoms with Gasteiger partial charge in [0, 0.05) is 11.8 Å². The second-order valence-electron chi connectivity index (χ2n) is 8.21. The number of phenols is 1. The Morgan fingerprint density at radius 3 is 2.47 bits per heavy atom. The second-order valence-corrected chi connectivity index (χ2v) is 8.21. The molecule has 1 aliphatic carbocycles. The number of carbonyl (C=O) groups excluding carboxylic acids is 1. The molecule has 0 atom stereocenters. The summed E-state index contributed by atoms with van der Waals surface area (Å²) in [5.74, 6) is -0.390. The first-order valence-electron chi connectivity index (χ1n) is 10.9. The first-order chi connectivity index (χ1) is 15.3. The Morgan fingerprint density at radius 2 is 1.81 bits per heavy atom. The molecular weight excluding hydrogens is 402 g/mol. The number of pyridine rings is 1. The van der Waals surface area contributed by atoms with Crippen molar-refractivity contribution in [3.8, 4) is 16.9 Å². The number of amides is 1. The monoisotopic (exact) mass is 433 g/mol. The number of nitrogen functional groups attached to an aromatic ring is 1. The van der Waals surface area contributed by atoms with E-state index in [0.29, 0.717) is 11.7 Å². The number of carbonyl (C=O) groups is 1. The van der Waals surface area contributed by atoms with E-state index in [9.17, 15) is 9.90 Å². The van der Waals surface area contributed by atoms with Crippen LogP contribution in [0.1, 0.15) is 52.7 Å². The molecule has 3 aromatic rings. The maximum Gasteiger partial charge on any atom is 0.252 e. The molecule has 1 saturated carbocycles. The molecule has 1 fully saturated rings. The molecule has 0 bridgehead atoms. The van der Waals surface area contributed by atoms with Gasteiger partial charge in [0.15, 0.2) is 0 Å². The van der Waals surface area contributed by atoms with Crippen LogP contribution in [-0.4, -0.2) is 22.1 Å². The van der Waals surface area contributed by atoms with Gasteiger partial charge in [0.05, 0.1) is 18.3 Å². The third-order valence-electron chi connectivity index (χ3n) is 5.72. The lowest BCUT2D eigenvalue weighted by Crippen LogP contribution is -2.14. The van der Waals surface area contributed by atoms with Gasteiger partial charge in [-0.15, -0.1) is 0 Å². The van der Waals surface area contributed by atoms with Crippen LogP contribution >= 0.6 is 0 Å². The Kier molecular flexibility index (Phi) is 7.84. The van der Waals surface area contributed by atoms with E-state index in [1.54, 1.807) is 30.3 Å². The Morgan fingerprint density at radius 1 is 1.06 bits per heavy atom. The third-order valence-corrected chi connectivity index (χ3v) is 5.72. The van der Waals surface area contributed by atoms with Gasteiger partial charge in [-0.25, -0.2) is 4.98 Å². The van der Waals surface area contributed by atoms with Gasteiger partial charge in [0.1, 0.15) is 11.6 Å². The number of hydrogen-bond acceptors (Lipinski definition) is 5. The number of hydrogen-bond donors (Lipinski definition) is 3. The Labute approximate surface area is 189 Å². The number of aromatic hydroxyl groups is 1. The number of nitrogens with two attached hydrogens (primary N) is 2. The predicted molar refractivity (Wildman–Crippen MR) is 127 cm³/mol. The van der Waals surface area contributed by atoms with E-state index in [1.807, 2.05) is 0 Å². The van der Waals surface area contributed by atoms with E-state index in [2.05, 4.69) is 37.0 Å². The molecule has 5 N–H and O–H groups in total. The largest absolute Gasteiger partial charge is 0.508 e. The van der Waals surface area contributed by atoms with Gasteiger partial charge in [0.2, 0.25) is 0 Å². The number of anilines is 1. The van der Waals surface area contributed by atoms with Gasteiger partial charge in [-0.1, -0.05) is 43.2 Å². The number of ether oxygens (including phenoxy) is 1. The van der Waals surface area contributed by atoms with Crippen LogP contribution in [0.3, 0.4) is 0 Å². The molecule has 2 aromatic carbocycles. The van der Waals surface area contributed by atoms with Crippen LogP contribution in [0, 0.1) is 13.8 Å². The van der Waals surface area contributed by atoms with Crippen molar-refractivity contribution >= 4 is 11.7 Å². The fourth-order valence-corrected chi connectivity index (χ4v) is 3.68. The predicted octanol–water partition coefficient (Wildman–Crippen LogP) is 4.90. The van der Waals surface area contributed by atoms with Gasteiger partial charge in [-0.3, -0.25) is 4.79 Å². The summed E-state index contributed by atoms with van der Waals surface area (Å²) in [5.41, 5.74) is 16.3. The number of primary amides is 1. The SMILES string of the molecule is Cc1ccc(COC2CCCC2)cc1C.NC(=O)c1cc(-c2cccc(O)c2)cnc1N. The number of nitrogens with zero attached hydrogens (tertiary/aromatic N) is 1. The van der Waals surface area contributed by atoms with Crippen LogP contribution in [0.4, 0.5) is 5.82 Å². The molecule has 1 heterocycles. The Balaban J connectivity index is 0.000000182. The van der Waals surface area contributed by atoms with E-state index in [0.717, 1.165) is 12.2 Å². The molecule has 0 saturated heterocycles. The minimum Gasteiger partial charge on any atom is -0.508 e. The zero-order valence-electron chi connectivity index (χ0n) is 18.7. The van der Waals surface area contributed by atoms with Crippen molar-refractivity contribution in [1.82, 2.24) is 4.98 Å². The summed E-state index contributed by atoms with van der Waals surface area (Å²) in [4.78, 5) is 15.0. The van der Waals surface area contributed by atoms with Gasteiger partial charge < -0.3 is 21.3 Å². The highest BCUT2D eigenvalue weighted by atomic mass is 16.5. The number of benzene rings is 2. The maximum atomic E-state index is 11.1. The van der Waals surface area contributed by atoms with Gasteiger partial charge in [-0.05, 0) is 67.1 Å². The molecular formula is C26H31N3O3. The summed E-state index contributed by atoms with van der Waals surface area (Å²) < 4.78 is 5.88. The molecule has 32 heavy (non-hydrogen) atoms. The lowest BCUT2D eigenvalue weighted by Gasteiger charge is -2.11. The summed E-state index contributed by atoms with van der Waals surface area (Å²) >= 11 is 0. The third kappa shape index (κ3) is 6.31. The summed E-state index contributed by atoms with van der Waals surface area (Å²) in [6.07, 6.45) is 7.24. The average molecular weight is 434 g/mol. The quantitative estimate of drug-likeness (QED) is 0.530. The minimum atomic E-state index is -0.628. The molecule has 0 spiro atoms. The smallest absolute Gasteiger partial charge is 0.252 e. The van der Waals surface area contributed by atoms with Crippen LogP contribution < -0.4 is 11.5 Å². The molecule has 6 nitrogen and oxygen atoms in total. The normalized spacial score (nSPS) is 13.4. The van der Waals surface area contributed by atoms with Crippen LogP contribution in [0.25, 0.3) is 11.1 Å². The highest BCUT2D eigenvalue weighted by molar-refractivity contribution is 5.98. The van der Waals surface area contributed by atoms with E-state index in [4.69, 9.17) is 16.2 Å². The fourth-order valence-electron chi connectivity index (χ4n) is 3.68. The van der Waals surface area contributed by atoms with Gasteiger partial charge in [-0.2, -0.15) is 0 Å². The minimum absolute atomic E-state index is 0.0985. The number of aryl methyl sites for hydroxylation is 2. The zero-order chi connectivity index (χ0) is 23.1. The Bertz CT molecular complexity index is 1080. The Hall–Kier alpha value is -3.38. The summed E-state index contributed by atoms with van der Waals surface area (Å²) in [6.45, 7) is 5.09. The van der Waals surface area contributed by atoms with Crippen molar-refractivity contribution in [2.75, 3.05) is 5.73 Å². The molecule has 1 aliphatic rings. The zero-order valence-corrected chi connectivity index (χ0v) is 18.7. The topological polar surface area (TPSA) is 111 Å². The number of aromatic nitrogens is 1. The molecule has 1 amide bonds. The fraction of sp³-hybridized carbons (Fsp3) is 0.308. The first-order valence-corrected chi connectivity index (χ1v) is 10.9. The van der Waals surface area contributed by atoms with Crippen molar-refractivity contribution in [3.63, 3.8) is 0 Å². The first kappa shape index (κ1) is 23.3. The van der Waals surface area contributed by atoms with Crippen LogP contribution in [0.5, 0.6) is 5.75 Å². The van der Waals surface area contributed by atoms with Crippen molar-refractivity contribution < 1.29 is 14.6 Å². The van der Waals surface area contributed by atoms with Gasteiger partial charge >= 0.3 is 0 Å². The van der Waals surface area contributed by atoms with E-state index >= 15 is 0 Å². The molecule has 1 aromatic heterocycles. The molecule has 0 aliphatic heterocycles. The van der Waals surface area contributed by atoms with Crippen molar-refractivity contribution in [2.24, 2.45) is 5.73 Å². The number of rotatable bonds is 5.